The first-order chi connectivity index (χ1) is 10.9. The van der Waals surface area contributed by atoms with Crippen LogP contribution < -0.4 is 5.30 Å². The maximum absolute atomic E-state index is 9.02. The van der Waals surface area contributed by atoms with Crippen molar-refractivity contribution in [3.63, 3.8) is 0 Å². The Hall–Kier alpha value is -0.880. The van der Waals surface area contributed by atoms with E-state index in [0.29, 0.717) is 0 Å². The lowest BCUT2D eigenvalue weighted by molar-refractivity contribution is 0.322. The maximum Gasteiger partial charge on any atom is 0.0740 e. The second-order valence-electron chi connectivity index (χ2n) is 6.79. The highest BCUT2D eigenvalue weighted by molar-refractivity contribution is 7.67. The summed E-state index contributed by atoms with van der Waals surface area (Å²) in [5.41, 5.74) is 2.92. The molecule has 3 rings (SSSR count). The Kier molecular flexibility index (Phi) is 5.89. The van der Waals surface area contributed by atoms with E-state index in [2.05, 4.69) is 29.4 Å². The van der Waals surface area contributed by atoms with Crippen LogP contribution in [-0.4, -0.2) is 22.7 Å². The topological polar surface area (TPSA) is 32.6 Å². The minimum Gasteiger partial charge on any atom is -0.411 e. The van der Waals surface area contributed by atoms with Gasteiger partial charge in [-0.25, -0.2) is 0 Å². The number of oxime groups is 1. The zero-order valence-corrected chi connectivity index (χ0v) is 14.3. The van der Waals surface area contributed by atoms with Crippen molar-refractivity contribution in [1.29, 1.82) is 0 Å². The molecule has 0 atom stereocenters. The average molecular weight is 317 g/mol. The molecule has 0 bridgehead atoms. The first-order valence-electron chi connectivity index (χ1n) is 8.95. The van der Waals surface area contributed by atoms with E-state index in [9.17, 15) is 0 Å². The van der Waals surface area contributed by atoms with E-state index in [1.165, 1.54) is 69.5 Å². The quantitative estimate of drug-likeness (QED) is 0.349. The summed E-state index contributed by atoms with van der Waals surface area (Å²) < 4.78 is 0. The van der Waals surface area contributed by atoms with E-state index in [4.69, 9.17) is 5.21 Å². The van der Waals surface area contributed by atoms with Crippen molar-refractivity contribution in [3.05, 3.63) is 29.8 Å². The summed E-state index contributed by atoms with van der Waals surface area (Å²) in [4.78, 5) is 0. The molecule has 0 aliphatic heterocycles. The van der Waals surface area contributed by atoms with Crippen LogP contribution in [0.5, 0.6) is 0 Å². The molecule has 0 saturated heterocycles. The molecular formula is C19H28NOP. The number of hydrogen-bond donors (Lipinski definition) is 1. The molecule has 2 saturated carbocycles. The van der Waals surface area contributed by atoms with Gasteiger partial charge in [-0.2, -0.15) is 0 Å². The van der Waals surface area contributed by atoms with Gasteiger partial charge in [0.25, 0.3) is 0 Å². The zero-order chi connectivity index (χ0) is 15.2. The fourth-order valence-corrected chi connectivity index (χ4v) is 8.22. The lowest BCUT2D eigenvalue weighted by atomic mass is 9.99. The minimum atomic E-state index is -0.127. The molecule has 1 aromatic carbocycles. The molecule has 0 aromatic heterocycles. The van der Waals surface area contributed by atoms with Crippen molar-refractivity contribution >= 4 is 19.4 Å². The SMILES string of the molecule is O/N=C/c1ccccc1P(C1CCCCC1)C1CCCCC1. The van der Waals surface area contributed by atoms with Crippen LogP contribution in [0.1, 0.15) is 69.8 Å². The summed E-state index contributed by atoms with van der Waals surface area (Å²) in [6, 6.07) is 8.67. The highest BCUT2D eigenvalue weighted by atomic mass is 31.1. The van der Waals surface area contributed by atoms with Crippen LogP contribution in [0.2, 0.25) is 0 Å². The Labute approximate surface area is 135 Å². The average Bonchev–Trinajstić information content (AvgIpc) is 2.59. The first-order valence-corrected chi connectivity index (χ1v) is 10.4. The molecule has 2 nitrogen and oxygen atoms in total. The van der Waals surface area contributed by atoms with E-state index in [0.717, 1.165) is 16.9 Å². The van der Waals surface area contributed by atoms with Gasteiger partial charge in [-0.05, 0) is 42.3 Å². The lowest BCUT2D eigenvalue weighted by Crippen LogP contribution is -2.27. The van der Waals surface area contributed by atoms with Crippen LogP contribution in [0.4, 0.5) is 0 Å². The summed E-state index contributed by atoms with van der Waals surface area (Å²) in [6.45, 7) is 0. The summed E-state index contributed by atoms with van der Waals surface area (Å²) >= 11 is 0. The summed E-state index contributed by atoms with van der Waals surface area (Å²) in [5.74, 6) is 0. The van der Waals surface area contributed by atoms with E-state index >= 15 is 0 Å². The Morgan fingerprint density at radius 3 is 1.95 bits per heavy atom. The molecule has 0 spiro atoms. The van der Waals surface area contributed by atoms with Gasteiger partial charge in [0.2, 0.25) is 0 Å². The van der Waals surface area contributed by atoms with Gasteiger partial charge in [0, 0.05) is 5.56 Å². The van der Waals surface area contributed by atoms with Crippen molar-refractivity contribution in [2.45, 2.75) is 75.5 Å². The molecule has 2 fully saturated rings. The Morgan fingerprint density at radius 1 is 0.864 bits per heavy atom. The van der Waals surface area contributed by atoms with Gasteiger partial charge in [0.1, 0.15) is 0 Å². The Morgan fingerprint density at radius 2 is 1.41 bits per heavy atom. The molecule has 0 heterocycles. The molecule has 0 radical (unpaired) electrons. The van der Waals surface area contributed by atoms with E-state index in [1.54, 1.807) is 6.21 Å². The van der Waals surface area contributed by atoms with Crippen molar-refractivity contribution < 1.29 is 5.21 Å². The lowest BCUT2D eigenvalue weighted by Gasteiger charge is -2.39. The highest BCUT2D eigenvalue weighted by Gasteiger charge is 2.33. The fraction of sp³-hybridized carbons (Fsp3) is 0.632. The number of nitrogens with zero attached hydrogens (tertiary/aromatic N) is 1. The fourth-order valence-electron chi connectivity index (χ4n) is 4.30. The maximum atomic E-state index is 9.02. The van der Waals surface area contributed by atoms with Crippen LogP contribution >= 0.6 is 7.92 Å². The smallest absolute Gasteiger partial charge is 0.0740 e. The van der Waals surface area contributed by atoms with Crippen molar-refractivity contribution in [2.24, 2.45) is 5.16 Å². The van der Waals surface area contributed by atoms with Gasteiger partial charge in [0.15, 0.2) is 0 Å². The third-order valence-electron chi connectivity index (χ3n) is 5.35. The molecule has 120 valence electrons. The molecule has 3 heteroatoms. The summed E-state index contributed by atoms with van der Waals surface area (Å²) in [5, 5.41) is 13.8. The molecule has 2 aliphatic carbocycles. The Bertz CT molecular complexity index is 472. The summed E-state index contributed by atoms with van der Waals surface area (Å²) in [7, 11) is -0.127. The predicted octanol–water partition coefficient (Wildman–Crippen LogP) is 5.27. The van der Waals surface area contributed by atoms with Crippen molar-refractivity contribution in [1.82, 2.24) is 0 Å². The van der Waals surface area contributed by atoms with Crippen LogP contribution in [0.3, 0.4) is 0 Å². The molecule has 0 amide bonds. The zero-order valence-electron chi connectivity index (χ0n) is 13.5. The normalized spacial score (nSPS) is 21.7. The highest BCUT2D eigenvalue weighted by Crippen LogP contribution is 2.55. The molecule has 2 aliphatic rings. The number of hydrogen-bond acceptors (Lipinski definition) is 2. The van der Waals surface area contributed by atoms with Gasteiger partial charge < -0.3 is 5.21 Å². The van der Waals surface area contributed by atoms with Crippen LogP contribution in [0.25, 0.3) is 0 Å². The predicted molar refractivity (Wildman–Crippen MR) is 96.1 cm³/mol. The van der Waals surface area contributed by atoms with Crippen LogP contribution in [-0.2, 0) is 0 Å². The van der Waals surface area contributed by atoms with Gasteiger partial charge in [0.05, 0.1) is 6.21 Å². The van der Waals surface area contributed by atoms with Gasteiger partial charge in [-0.3, -0.25) is 0 Å². The van der Waals surface area contributed by atoms with E-state index < -0.39 is 0 Å². The van der Waals surface area contributed by atoms with Crippen LogP contribution in [0.15, 0.2) is 29.4 Å². The van der Waals surface area contributed by atoms with Gasteiger partial charge >= 0.3 is 0 Å². The molecule has 1 aromatic rings. The number of rotatable bonds is 4. The second kappa shape index (κ2) is 8.11. The van der Waals surface area contributed by atoms with Crippen molar-refractivity contribution in [2.75, 3.05) is 0 Å². The third kappa shape index (κ3) is 3.71. The van der Waals surface area contributed by atoms with Crippen molar-refractivity contribution in [3.8, 4) is 0 Å². The number of benzene rings is 1. The molecule has 1 N–H and O–H groups in total. The molecule has 22 heavy (non-hydrogen) atoms. The standard InChI is InChI=1S/C19H28NOP/c21-20-15-16-9-7-8-14-19(16)22(17-10-3-1-4-11-17)18-12-5-2-6-13-18/h7-9,14-15,17-18,21H,1-6,10-13H2/b20-15+. The minimum absolute atomic E-state index is 0.127. The summed E-state index contributed by atoms with van der Waals surface area (Å²) in [6.07, 6.45) is 15.8. The third-order valence-corrected chi connectivity index (χ3v) is 8.92. The second-order valence-corrected chi connectivity index (χ2v) is 9.55. The van der Waals surface area contributed by atoms with Gasteiger partial charge in [-0.15, -0.1) is 0 Å². The van der Waals surface area contributed by atoms with Crippen LogP contribution in [0, 0.1) is 0 Å². The Balaban J connectivity index is 1.93. The van der Waals surface area contributed by atoms with E-state index in [1.807, 2.05) is 0 Å². The van der Waals surface area contributed by atoms with Gasteiger partial charge in [-0.1, -0.05) is 75.9 Å². The van der Waals surface area contributed by atoms with E-state index in [-0.39, 0.29) is 7.92 Å². The molecular weight excluding hydrogens is 289 g/mol. The first kappa shape index (κ1) is 16.0. The monoisotopic (exact) mass is 317 g/mol. The molecule has 0 unspecified atom stereocenters. The largest absolute Gasteiger partial charge is 0.411 e.